The standard InChI is InChI=1S/C11H17N3O4S/c1-2-3-4-7-13-19(17,18)11-6-5-9(14(15)16)8-10(11)12/h5-6,8,13H,2-4,7,12H2,1H3. The zero-order chi connectivity index (χ0) is 14.5. The second-order valence-electron chi connectivity index (χ2n) is 4.08. The predicted molar refractivity (Wildman–Crippen MR) is 72.2 cm³/mol. The largest absolute Gasteiger partial charge is 0.397 e. The van der Waals surface area contributed by atoms with Crippen molar-refractivity contribution in [3.8, 4) is 0 Å². The summed E-state index contributed by atoms with van der Waals surface area (Å²) in [5.41, 5.74) is 5.19. The molecule has 0 bridgehead atoms. The van der Waals surface area contributed by atoms with Gasteiger partial charge >= 0.3 is 0 Å². The van der Waals surface area contributed by atoms with Crippen LogP contribution < -0.4 is 10.5 Å². The van der Waals surface area contributed by atoms with E-state index in [4.69, 9.17) is 5.73 Å². The van der Waals surface area contributed by atoms with Crippen molar-refractivity contribution in [2.75, 3.05) is 12.3 Å². The quantitative estimate of drug-likeness (QED) is 0.342. The molecule has 0 unspecified atom stereocenters. The van der Waals surface area contributed by atoms with Crippen molar-refractivity contribution in [3.63, 3.8) is 0 Å². The van der Waals surface area contributed by atoms with Gasteiger partial charge in [-0.1, -0.05) is 19.8 Å². The molecule has 3 N–H and O–H groups in total. The molecule has 1 aromatic carbocycles. The first-order valence-electron chi connectivity index (χ1n) is 5.92. The number of nitro benzene ring substituents is 1. The first-order chi connectivity index (χ1) is 8.88. The molecule has 0 aliphatic carbocycles. The Balaban J connectivity index is 2.87. The first-order valence-corrected chi connectivity index (χ1v) is 7.40. The maximum Gasteiger partial charge on any atom is 0.271 e. The lowest BCUT2D eigenvalue weighted by atomic mass is 10.3. The summed E-state index contributed by atoms with van der Waals surface area (Å²) in [6, 6.07) is 3.31. The summed E-state index contributed by atoms with van der Waals surface area (Å²) < 4.78 is 26.3. The van der Waals surface area contributed by atoms with Crippen LogP contribution >= 0.6 is 0 Å². The minimum atomic E-state index is -3.71. The number of benzene rings is 1. The predicted octanol–water partition coefficient (Wildman–Crippen LogP) is 1.65. The number of rotatable bonds is 7. The van der Waals surface area contributed by atoms with Crippen LogP contribution in [0, 0.1) is 10.1 Å². The van der Waals surface area contributed by atoms with Gasteiger partial charge in [0.2, 0.25) is 10.0 Å². The van der Waals surface area contributed by atoms with Gasteiger partial charge in [0, 0.05) is 18.7 Å². The van der Waals surface area contributed by atoms with Crippen molar-refractivity contribution in [1.82, 2.24) is 4.72 Å². The summed E-state index contributed by atoms with van der Waals surface area (Å²) in [5.74, 6) is 0. The van der Waals surface area contributed by atoms with Crippen LogP contribution in [0.5, 0.6) is 0 Å². The lowest BCUT2D eigenvalue weighted by Crippen LogP contribution is -2.25. The number of sulfonamides is 1. The number of non-ortho nitro benzene ring substituents is 1. The molecule has 0 saturated carbocycles. The molecule has 0 amide bonds. The Morgan fingerprint density at radius 3 is 2.58 bits per heavy atom. The van der Waals surface area contributed by atoms with E-state index >= 15 is 0 Å². The summed E-state index contributed by atoms with van der Waals surface area (Å²) in [4.78, 5) is 9.79. The van der Waals surface area contributed by atoms with Crippen LogP contribution in [-0.2, 0) is 10.0 Å². The monoisotopic (exact) mass is 287 g/mol. The van der Waals surface area contributed by atoms with Gasteiger partial charge in [0.05, 0.1) is 10.6 Å². The lowest BCUT2D eigenvalue weighted by Gasteiger charge is -2.08. The third kappa shape index (κ3) is 4.18. The molecule has 8 heteroatoms. The van der Waals surface area contributed by atoms with Gasteiger partial charge in [0.25, 0.3) is 5.69 Å². The molecule has 0 aliphatic heterocycles. The molecule has 0 atom stereocenters. The Morgan fingerprint density at radius 2 is 2.05 bits per heavy atom. The van der Waals surface area contributed by atoms with Crippen LogP contribution in [0.2, 0.25) is 0 Å². The van der Waals surface area contributed by atoms with Crippen molar-refractivity contribution < 1.29 is 13.3 Å². The second kappa shape index (κ2) is 6.48. The molecule has 106 valence electrons. The highest BCUT2D eigenvalue weighted by Gasteiger charge is 2.19. The zero-order valence-electron chi connectivity index (χ0n) is 10.6. The summed E-state index contributed by atoms with van der Waals surface area (Å²) in [7, 11) is -3.71. The van der Waals surface area contributed by atoms with E-state index in [1.807, 2.05) is 6.92 Å². The SMILES string of the molecule is CCCCCNS(=O)(=O)c1ccc([N+](=O)[O-])cc1N. The number of hydrogen-bond donors (Lipinski definition) is 2. The van der Waals surface area contributed by atoms with E-state index in [0.717, 1.165) is 37.5 Å². The Hall–Kier alpha value is -1.67. The number of anilines is 1. The molecule has 0 spiro atoms. The molecule has 0 aromatic heterocycles. The highest BCUT2D eigenvalue weighted by Crippen LogP contribution is 2.23. The minimum absolute atomic E-state index is 0.128. The molecule has 1 aromatic rings. The normalized spacial score (nSPS) is 11.4. The van der Waals surface area contributed by atoms with E-state index in [-0.39, 0.29) is 16.3 Å². The zero-order valence-corrected chi connectivity index (χ0v) is 11.4. The second-order valence-corrected chi connectivity index (χ2v) is 5.82. The summed E-state index contributed by atoms with van der Waals surface area (Å²) in [5, 5.41) is 10.5. The molecule has 0 heterocycles. The topological polar surface area (TPSA) is 115 Å². The Morgan fingerprint density at radius 1 is 1.37 bits per heavy atom. The van der Waals surface area contributed by atoms with Gasteiger partial charge in [0.1, 0.15) is 4.90 Å². The fourth-order valence-electron chi connectivity index (χ4n) is 1.55. The number of hydrogen-bond acceptors (Lipinski definition) is 5. The van der Waals surface area contributed by atoms with Crippen LogP contribution in [0.1, 0.15) is 26.2 Å². The smallest absolute Gasteiger partial charge is 0.271 e. The fourth-order valence-corrected chi connectivity index (χ4v) is 2.74. The van der Waals surface area contributed by atoms with E-state index in [9.17, 15) is 18.5 Å². The maximum absolute atomic E-state index is 11.9. The summed E-state index contributed by atoms with van der Waals surface area (Å²) in [6.45, 7) is 2.34. The van der Waals surface area contributed by atoms with Crippen molar-refractivity contribution in [1.29, 1.82) is 0 Å². The highest BCUT2D eigenvalue weighted by atomic mass is 32.2. The molecule has 1 rings (SSSR count). The number of nitrogens with two attached hydrogens (primary N) is 1. The Bertz CT molecular complexity index is 557. The van der Waals surface area contributed by atoms with Crippen molar-refractivity contribution in [3.05, 3.63) is 28.3 Å². The number of nitrogens with one attached hydrogen (secondary N) is 1. The Kier molecular flexibility index (Phi) is 5.25. The van der Waals surface area contributed by atoms with Gasteiger partial charge in [-0.3, -0.25) is 10.1 Å². The van der Waals surface area contributed by atoms with Gasteiger partial charge in [0.15, 0.2) is 0 Å². The van der Waals surface area contributed by atoms with Crippen LogP contribution in [0.25, 0.3) is 0 Å². The number of unbranched alkanes of at least 4 members (excludes halogenated alkanes) is 2. The van der Waals surface area contributed by atoms with E-state index in [1.165, 1.54) is 0 Å². The van der Waals surface area contributed by atoms with Crippen molar-refractivity contribution in [2.24, 2.45) is 0 Å². The Labute approximate surface area is 112 Å². The van der Waals surface area contributed by atoms with Gasteiger partial charge in [-0.15, -0.1) is 0 Å². The average Bonchev–Trinajstić information content (AvgIpc) is 2.34. The maximum atomic E-state index is 11.9. The molecule has 7 nitrogen and oxygen atoms in total. The number of nitrogens with zero attached hydrogens (tertiary/aromatic N) is 1. The molecule has 0 saturated heterocycles. The van der Waals surface area contributed by atoms with Crippen molar-refractivity contribution in [2.45, 2.75) is 31.1 Å². The van der Waals surface area contributed by atoms with Gasteiger partial charge in [-0.25, -0.2) is 13.1 Å². The van der Waals surface area contributed by atoms with E-state index < -0.39 is 14.9 Å². The first kappa shape index (κ1) is 15.4. The van der Waals surface area contributed by atoms with Crippen LogP contribution in [0.4, 0.5) is 11.4 Å². The van der Waals surface area contributed by atoms with E-state index in [2.05, 4.69) is 4.72 Å². The molecular formula is C11H17N3O4S. The van der Waals surface area contributed by atoms with Gasteiger partial charge in [-0.05, 0) is 12.5 Å². The minimum Gasteiger partial charge on any atom is -0.397 e. The van der Waals surface area contributed by atoms with Crippen LogP contribution in [0.3, 0.4) is 0 Å². The van der Waals surface area contributed by atoms with Crippen LogP contribution in [0.15, 0.2) is 23.1 Å². The third-order valence-electron chi connectivity index (χ3n) is 2.57. The highest BCUT2D eigenvalue weighted by molar-refractivity contribution is 7.89. The van der Waals surface area contributed by atoms with E-state index in [1.54, 1.807) is 0 Å². The molecule has 0 radical (unpaired) electrons. The third-order valence-corrected chi connectivity index (χ3v) is 4.10. The van der Waals surface area contributed by atoms with E-state index in [0.29, 0.717) is 6.54 Å². The van der Waals surface area contributed by atoms with Gasteiger partial charge in [-0.2, -0.15) is 0 Å². The molecular weight excluding hydrogens is 270 g/mol. The van der Waals surface area contributed by atoms with Crippen LogP contribution in [-0.4, -0.2) is 19.9 Å². The van der Waals surface area contributed by atoms with Crippen molar-refractivity contribution >= 4 is 21.4 Å². The summed E-state index contributed by atoms with van der Waals surface area (Å²) >= 11 is 0. The molecule has 19 heavy (non-hydrogen) atoms. The average molecular weight is 287 g/mol. The fraction of sp³-hybridized carbons (Fsp3) is 0.455. The number of nitrogen functional groups attached to an aromatic ring is 1. The van der Waals surface area contributed by atoms with Gasteiger partial charge < -0.3 is 5.73 Å². The molecule has 0 aliphatic rings. The number of nitro groups is 1. The lowest BCUT2D eigenvalue weighted by molar-refractivity contribution is -0.384. The molecule has 0 fully saturated rings. The summed E-state index contributed by atoms with van der Waals surface area (Å²) in [6.07, 6.45) is 2.66.